The maximum absolute atomic E-state index is 13.0. The number of carbonyl (C=O) groups excluding carboxylic acids is 3. The molecule has 13 nitrogen and oxygen atoms in total. The number of hydrogen-bond donors (Lipinski definition) is 8. The maximum Gasteiger partial charge on any atom is 0.326 e. The minimum atomic E-state index is -1.23. The summed E-state index contributed by atoms with van der Waals surface area (Å²) in [4.78, 5) is 56.6. The van der Waals surface area contributed by atoms with Crippen LogP contribution in [0.4, 0.5) is 0 Å². The summed E-state index contributed by atoms with van der Waals surface area (Å²) in [5, 5.41) is 26.6. The first kappa shape index (κ1) is 29.0. The van der Waals surface area contributed by atoms with E-state index in [1.807, 2.05) is 0 Å². The fourth-order valence-corrected chi connectivity index (χ4v) is 3.11. The van der Waals surface area contributed by atoms with Crippen LogP contribution in [0, 0.1) is 5.92 Å². The molecule has 13 heteroatoms. The second-order valence-electron chi connectivity index (χ2n) is 8.52. The highest BCUT2D eigenvalue weighted by molar-refractivity contribution is 5.94. The van der Waals surface area contributed by atoms with Gasteiger partial charge in [-0.15, -0.1) is 0 Å². The molecule has 192 valence electrons. The topological polar surface area (TPSA) is 226 Å². The molecule has 0 bridgehead atoms. The fraction of sp³-hybridized carbons (Fsp3) is 0.667. The average molecular weight is 484 g/mol. The van der Waals surface area contributed by atoms with Crippen molar-refractivity contribution in [3.8, 4) is 0 Å². The lowest BCUT2D eigenvalue weighted by atomic mass is 10.0. The van der Waals surface area contributed by atoms with Gasteiger partial charge in [-0.3, -0.25) is 14.4 Å². The highest BCUT2D eigenvalue weighted by atomic mass is 16.4. The van der Waals surface area contributed by atoms with E-state index in [1.165, 1.54) is 19.4 Å². The van der Waals surface area contributed by atoms with Crippen molar-refractivity contribution in [2.45, 2.75) is 76.7 Å². The Bertz CT molecular complexity index is 800. The first-order valence-electron chi connectivity index (χ1n) is 11.2. The molecule has 0 saturated heterocycles. The standard InChI is InChI=1S/C21H37N7O6/c1-11(2)17(28-19(31)16(23)12(3)29)20(32)27-15(8-13-9-24-10-25-13)18(30)26-14(21(33)34)6-4-5-7-22/h9-12,14-17,29H,4-8,22-23H2,1-3H3,(H,24,25)(H,26,30)(H,27,32)(H,28,31)(H,33,34). The molecule has 0 fully saturated rings. The van der Waals surface area contributed by atoms with Crippen LogP contribution in [0.2, 0.25) is 0 Å². The molecule has 0 saturated carbocycles. The van der Waals surface area contributed by atoms with Gasteiger partial charge in [0.15, 0.2) is 0 Å². The molecule has 0 aliphatic heterocycles. The van der Waals surface area contributed by atoms with Crippen molar-refractivity contribution in [1.82, 2.24) is 25.9 Å². The van der Waals surface area contributed by atoms with Gasteiger partial charge in [0.2, 0.25) is 17.7 Å². The number of aliphatic carboxylic acids is 1. The zero-order valence-corrected chi connectivity index (χ0v) is 19.8. The number of H-pyrrole nitrogens is 1. The third kappa shape index (κ3) is 9.45. The first-order chi connectivity index (χ1) is 16.0. The molecule has 1 heterocycles. The van der Waals surface area contributed by atoms with E-state index < -0.39 is 54.0 Å². The molecule has 1 aromatic heterocycles. The molecule has 3 amide bonds. The number of unbranched alkanes of at least 4 members (excludes halogenated alkanes) is 1. The molecule has 1 rings (SSSR count). The molecule has 10 N–H and O–H groups in total. The van der Waals surface area contributed by atoms with Gasteiger partial charge in [-0.2, -0.15) is 0 Å². The second kappa shape index (κ2) is 14.3. The molecule has 0 aliphatic carbocycles. The van der Waals surface area contributed by atoms with Gasteiger partial charge in [-0.05, 0) is 38.6 Å². The number of amides is 3. The molecule has 0 spiro atoms. The number of rotatable bonds is 15. The van der Waals surface area contributed by atoms with Crippen molar-refractivity contribution in [3.05, 3.63) is 18.2 Å². The van der Waals surface area contributed by atoms with Crippen molar-refractivity contribution in [2.75, 3.05) is 6.54 Å². The van der Waals surface area contributed by atoms with Crippen molar-refractivity contribution in [2.24, 2.45) is 17.4 Å². The number of imidazole rings is 1. The minimum absolute atomic E-state index is 0.0126. The fourth-order valence-electron chi connectivity index (χ4n) is 3.11. The third-order valence-electron chi connectivity index (χ3n) is 5.24. The Morgan fingerprint density at radius 3 is 2.18 bits per heavy atom. The van der Waals surface area contributed by atoms with E-state index in [0.29, 0.717) is 25.1 Å². The van der Waals surface area contributed by atoms with Crippen LogP contribution in [-0.2, 0) is 25.6 Å². The normalized spacial score (nSPS) is 15.6. The number of carboxylic acid groups (broad SMARTS) is 1. The molecule has 0 aliphatic rings. The number of carbonyl (C=O) groups is 4. The maximum atomic E-state index is 13.0. The van der Waals surface area contributed by atoms with Crippen molar-refractivity contribution in [3.63, 3.8) is 0 Å². The van der Waals surface area contributed by atoms with Crippen LogP contribution >= 0.6 is 0 Å². The number of aliphatic hydroxyl groups is 1. The number of aliphatic hydroxyl groups excluding tert-OH is 1. The quantitative estimate of drug-likeness (QED) is 0.129. The molecule has 1 aromatic rings. The van der Waals surface area contributed by atoms with E-state index in [1.54, 1.807) is 13.8 Å². The summed E-state index contributed by atoms with van der Waals surface area (Å²) in [5.41, 5.74) is 11.6. The van der Waals surface area contributed by atoms with E-state index in [4.69, 9.17) is 11.5 Å². The molecule has 5 unspecified atom stereocenters. The van der Waals surface area contributed by atoms with Crippen molar-refractivity contribution >= 4 is 23.7 Å². The lowest BCUT2D eigenvalue weighted by molar-refractivity contribution is -0.142. The zero-order chi connectivity index (χ0) is 25.8. The SMILES string of the molecule is CC(C)C(NC(=O)C(N)C(C)O)C(=O)NC(Cc1cnc[nH]1)C(=O)NC(CCCCN)C(=O)O. The Kier molecular flexibility index (Phi) is 12.2. The van der Waals surface area contributed by atoms with Gasteiger partial charge >= 0.3 is 5.97 Å². The summed E-state index contributed by atoms with van der Waals surface area (Å²) in [6, 6.07) is -4.57. The van der Waals surface area contributed by atoms with E-state index in [0.717, 1.165) is 0 Å². The van der Waals surface area contributed by atoms with Gasteiger partial charge in [0.1, 0.15) is 24.2 Å². The molecule has 5 atom stereocenters. The van der Waals surface area contributed by atoms with Gasteiger partial charge in [0.25, 0.3) is 0 Å². The predicted molar refractivity (Wildman–Crippen MR) is 123 cm³/mol. The Hall–Kier alpha value is -3.03. The Balaban J connectivity index is 3.01. The van der Waals surface area contributed by atoms with Crippen molar-refractivity contribution in [1.29, 1.82) is 0 Å². The van der Waals surface area contributed by atoms with Crippen LogP contribution in [0.15, 0.2) is 12.5 Å². The van der Waals surface area contributed by atoms with Gasteiger partial charge < -0.3 is 42.6 Å². The number of nitrogens with one attached hydrogen (secondary N) is 4. The number of carboxylic acids is 1. The summed E-state index contributed by atoms with van der Waals surface area (Å²) in [6.45, 7) is 5.15. The first-order valence-corrected chi connectivity index (χ1v) is 11.2. The largest absolute Gasteiger partial charge is 0.480 e. The van der Waals surface area contributed by atoms with Crippen LogP contribution in [0.1, 0.15) is 45.7 Å². The number of nitrogens with two attached hydrogens (primary N) is 2. The highest BCUT2D eigenvalue weighted by Gasteiger charge is 2.32. The highest BCUT2D eigenvalue weighted by Crippen LogP contribution is 2.07. The Labute approximate surface area is 198 Å². The molecular weight excluding hydrogens is 446 g/mol. The third-order valence-corrected chi connectivity index (χ3v) is 5.24. The van der Waals surface area contributed by atoms with Gasteiger partial charge in [0, 0.05) is 18.3 Å². The van der Waals surface area contributed by atoms with Crippen LogP contribution in [-0.4, -0.2) is 80.7 Å². The van der Waals surface area contributed by atoms with Gasteiger partial charge in [-0.1, -0.05) is 13.8 Å². The molecule has 0 radical (unpaired) electrons. The average Bonchev–Trinajstić information content (AvgIpc) is 3.28. The Morgan fingerprint density at radius 2 is 1.68 bits per heavy atom. The van der Waals surface area contributed by atoms with E-state index in [-0.39, 0.29) is 18.8 Å². The van der Waals surface area contributed by atoms with Crippen LogP contribution in [0.25, 0.3) is 0 Å². The number of aromatic amines is 1. The summed E-state index contributed by atoms with van der Waals surface area (Å²) in [7, 11) is 0. The number of hydrogen-bond acceptors (Lipinski definition) is 8. The van der Waals surface area contributed by atoms with Crippen LogP contribution in [0.3, 0.4) is 0 Å². The predicted octanol–water partition coefficient (Wildman–Crippen LogP) is -2.02. The van der Waals surface area contributed by atoms with Gasteiger partial charge in [0.05, 0.1) is 12.4 Å². The lowest BCUT2D eigenvalue weighted by Gasteiger charge is -2.27. The van der Waals surface area contributed by atoms with Gasteiger partial charge in [-0.25, -0.2) is 9.78 Å². The summed E-state index contributed by atoms with van der Waals surface area (Å²) < 4.78 is 0. The zero-order valence-electron chi connectivity index (χ0n) is 19.8. The number of aromatic nitrogens is 2. The molecule has 0 aromatic carbocycles. The second-order valence-corrected chi connectivity index (χ2v) is 8.52. The monoisotopic (exact) mass is 483 g/mol. The lowest BCUT2D eigenvalue weighted by Crippen LogP contribution is -2.59. The van der Waals surface area contributed by atoms with E-state index in [9.17, 15) is 29.4 Å². The molecular formula is C21H37N7O6. The number of nitrogens with zero attached hydrogens (tertiary/aromatic N) is 1. The van der Waals surface area contributed by atoms with Crippen LogP contribution in [0.5, 0.6) is 0 Å². The smallest absolute Gasteiger partial charge is 0.326 e. The van der Waals surface area contributed by atoms with E-state index in [2.05, 4.69) is 25.9 Å². The minimum Gasteiger partial charge on any atom is -0.480 e. The molecule has 34 heavy (non-hydrogen) atoms. The van der Waals surface area contributed by atoms with E-state index >= 15 is 0 Å². The van der Waals surface area contributed by atoms with Crippen LogP contribution < -0.4 is 27.4 Å². The summed E-state index contributed by atoms with van der Waals surface area (Å²) in [6.07, 6.45) is 3.08. The summed E-state index contributed by atoms with van der Waals surface area (Å²) in [5.74, 6) is -3.64. The summed E-state index contributed by atoms with van der Waals surface area (Å²) >= 11 is 0. The van der Waals surface area contributed by atoms with Crippen molar-refractivity contribution < 1.29 is 29.4 Å². The Morgan fingerprint density at radius 1 is 1.03 bits per heavy atom.